The van der Waals surface area contributed by atoms with Crippen molar-refractivity contribution in [2.45, 2.75) is 49.8 Å². The molecule has 1 saturated heterocycles. The second-order valence-electron chi connectivity index (χ2n) is 11.0. The Bertz CT molecular complexity index is 1360. The van der Waals surface area contributed by atoms with Gasteiger partial charge in [0.15, 0.2) is 5.69 Å². The van der Waals surface area contributed by atoms with E-state index in [0.29, 0.717) is 56.1 Å². The Hall–Kier alpha value is -3.73. The van der Waals surface area contributed by atoms with Gasteiger partial charge in [0, 0.05) is 44.8 Å². The third-order valence-electron chi connectivity index (χ3n) is 8.32. The van der Waals surface area contributed by atoms with Crippen LogP contribution in [0.1, 0.15) is 59.0 Å². The number of hydrogen-bond donors (Lipinski definition) is 2. The zero-order chi connectivity index (χ0) is 29.5. The highest BCUT2D eigenvalue weighted by molar-refractivity contribution is 5.98. The smallest absolute Gasteiger partial charge is 0.337 e. The number of carbonyl (C=O) groups is 2. The number of imidazole rings is 1. The molecule has 42 heavy (non-hydrogen) atoms. The lowest BCUT2D eigenvalue weighted by Gasteiger charge is -2.41. The molecule has 10 heteroatoms. The number of amides is 1. The molecule has 2 fully saturated rings. The SMILES string of the molecule is COC[C@]1(O)CCCC[C@H]1n1cnc(C(=O)N2CCNC[C@H]2CCOc2cccc(C(=O)OC)c2)c1-c1ccccc1. The molecule has 1 amide bonds. The van der Waals surface area contributed by atoms with Gasteiger partial charge in [0.2, 0.25) is 0 Å². The van der Waals surface area contributed by atoms with Crippen molar-refractivity contribution in [2.24, 2.45) is 0 Å². The zero-order valence-corrected chi connectivity index (χ0v) is 24.3. The van der Waals surface area contributed by atoms with Crippen molar-refractivity contribution in [3.8, 4) is 17.0 Å². The molecule has 0 spiro atoms. The van der Waals surface area contributed by atoms with E-state index in [0.717, 1.165) is 30.5 Å². The number of nitrogens with one attached hydrogen (secondary N) is 1. The lowest BCUT2D eigenvalue weighted by atomic mass is 9.80. The first-order chi connectivity index (χ1) is 20.4. The number of nitrogens with zero attached hydrogens (tertiary/aromatic N) is 3. The maximum absolute atomic E-state index is 14.2. The largest absolute Gasteiger partial charge is 0.493 e. The summed E-state index contributed by atoms with van der Waals surface area (Å²) in [5.74, 6) is 0.00908. The molecule has 3 atom stereocenters. The van der Waals surface area contributed by atoms with Gasteiger partial charge in [0.25, 0.3) is 5.91 Å². The van der Waals surface area contributed by atoms with E-state index in [1.807, 2.05) is 39.8 Å². The topological polar surface area (TPSA) is 115 Å². The third kappa shape index (κ3) is 6.35. The summed E-state index contributed by atoms with van der Waals surface area (Å²) in [7, 11) is 2.95. The second kappa shape index (κ2) is 13.5. The van der Waals surface area contributed by atoms with Gasteiger partial charge in [-0.25, -0.2) is 9.78 Å². The highest BCUT2D eigenvalue weighted by atomic mass is 16.5. The summed E-state index contributed by atoms with van der Waals surface area (Å²) in [5, 5.41) is 15.0. The number of aromatic nitrogens is 2. The summed E-state index contributed by atoms with van der Waals surface area (Å²) in [5.41, 5.74) is 1.35. The fourth-order valence-corrected chi connectivity index (χ4v) is 6.22. The molecule has 1 aromatic heterocycles. The summed E-state index contributed by atoms with van der Waals surface area (Å²) in [4.78, 5) is 32.7. The zero-order valence-electron chi connectivity index (χ0n) is 24.3. The minimum atomic E-state index is -1.04. The Labute approximate surface area is 246 Å². The summed E-state index contributed by atoms with van der Waals surface area (Å²) in [6.45, 7) is 2.44. The van der Waals surface area contributed by atoms with Crippen LogP contribution in [0.5, 0.6) is 5.75 Å². The molecule has 2 aliphatic rings. The van der Waals surface area contributed by atoms with Gasteiger partial charge in [-0.05, 0) is 31.0 Å². The van der Waals surface area contributed by atoms with Crippen molar-refractivity contribution in [2.75, 3.05) is 47.1 Å². The maximum atomic E-state index is 14.2. The maximum Gasteiger partial charge on any atom is 0.337 e. The molecule has 10 nitrogen and oxygen atoms in total. The van der Waals surface area contributed by atoms with Crippen molar-refractivity contribution in [1.29, 1.82) is 0 Å². The fourth-order valence-electron chi connectivity index (χ4n) is 6.22. The van der Waals surface area contributed by atoms with Crippen LogP contribution >= 0.6 is 0 Å². The monoisotopic (exact) mass is 576 g/mol. The summed E-state index contributed by atoms with van der Waals surface area (Å²) < 4.78 is 18.2. The Morgan fingerprint density at radius 1 is 1.12 bits per heavy atom. The van der Waals surface area contributed by atoms with Crippen LogP contribution in [-0.4, -0.2) is 90.1 Å². The standard InChI is InChI=1S/C32H40N4O6/c1-40-21-32(39)15-7-6-13-27(32)36-22-34-28(29(36)23-9-4-3-5-10-23)30(37)35-17-16-33-20-25(35)14-18-42-26-12-8-11-24(19-26)31(38)41-2/h3-5,8-12,19,22,25,27,33,39H,6-7,13-18,20-21H2,1-2H3/t25-,27-,32-/m1/s1. The van der Waals surface area contributed by atoms with Gasteiger partial charge < -0.3 is 34.1 Å². The average molecular weight is 577 g/mol. The van der Waals surface area contributed by atoms with Crippen LogP contribution < -0.4 is 10.1 Å². The van der Waals surface area contributed by atoms with E-state index in [1.165, 1.54) is 7.11 Å². The number of methoxy groups -OCH3 is 2. The van der Waals surface area contributed by atoms with Crippen LogP contribution in [0.3, 0.4) is 0 Å². The molecule has 2 heterocycles. The van der Waals surface area contributed by atoms with Gasteiger partial charge >= 0.3 is 5.97 Å². The molecule has 0 unspecified atom stereocenters. The first-order valence-corrected chi connectivity index (χ1v) is 14.6. The Morgan fingerprint density at radius 3 is 2.74 bits per heavy atom. The number of rotatable bonds is 10. The lowest BCUT2D eigenvalue weighted by Crippen LogP contribution is -2.54. The van der Waals surface area contributed by atoms with E-state index < -0.39 is 11.6 Å². The van der Waals surface area contributed by atoms with Crippen molar-refractivity contribution >= 4 is 11.9 Å². The van der Waals surface area contributed by atoms with Crippen molar-refractivity contribution in [3.63, 3.8) is 0 Å². The molecule has 5 rings (SSSR count). The van der Waals surface area contributed by atoms with Crippen LogP contribution in [0.4, 0.5) is 0 Å². The molecule has 0 bridgehead atoms. The summed E-state index contributed by atoms with van der Waals surface area (Å²) in [6, 6.07) is 16.3. The minimum Gasteiger partial charge on any atom is -0.493 e. The van der Waals surface area contributed by atoms with Crippen LogP contribution in [0.25, 0.3) is 11.3 Å². The van der Waals surface area contributed by atoms with E-state index in [-0.39, 0.29) is 24.6 Å². The van der Waals surface area contributed by atoms with Gasteiger partial charge in [0.1, 0.15) is 11.4 Å². The predicted molar refractivity (Wildman–Crippen MR) is 158 cm³/mol. The van der Waals surface area contributed by atoms with Crippen LogP contribution in [0.15, 0.2) is 60.9 Å². The van der Waals surface area contributed by atoms with Crippen LogP contribution in [0, 0.1) is 0 Å². The number of piperazine rings is 1. The van der Waals surface area contributed by atoms with Gasteiger partial charge in [-0.2, -0.15) is 0 Å². The lowest BCUT2D eigenvalue weighted by molar-refractivity contribution is -0.0893. The molecule has 224 valence electrons. The van der Waals surface area contributed by atoms with Gasteiger partial charge in [0.05, 0.1) is 44.0 Å². The second-order valence-corrected chi connectivity index (χ2v) is 11.0. The first-order valence-electron chi connectivity index (χ1n) is 14.6. The van der Waals surface area contributed by atoms with E-state index in [4.69, 9.17) is 14.2 Å². The molecule has 3 aromatic rings. The molecule has 2 N–H and O–H groups in total. The van der Waals surface area contributed by atoms with E-state index in [2.05, 4.69) is 10.3 Å². The summed E-state index contributed by atoms with van der Waals surface area (Å²) in [6.07, 6.45) is 5.61. The van der Waals surface area contributed by atoms with Gasteiger partial charge in [-0.1, -0.05) is 49.2 Å². The highest BCUT2D eigenvalue weighted by Gasteiger charge is 2.42. The van der Waals surface area contributed by atoms with E-state index in [9.17, 15) is 14.7 Å². The summed E-state index contributed by atoms with van der Waals surface area (Å²) >= 11 is 0. The predicted octanol–water partition coefficient (Wildman–Crippen LogP) is 3.71. The van der Waals surface area contributed by atoms with Crippen molar-refractivity contribution < 1.29 is 28.9 Å². The van der Waals surface area contributed by atoms with Crippen LogP contribution in [-0.2, 0) is 9.47 Å². The van der Waals surface area contributed by atoms with E-state index >= 15 is 0 Å². The highest BCUT2D eigenvalue weighted by Crippen LogP contribution is 2.41. The minimum absolute atomic E-state index is 0.107. The number of ether oxygens (including phenoxy) is 3. The van der Waals surface area contributed by atoms with Gasteiger partial charge in [-0.3, -0.25) is 4.79 Å². The Morgan fingerprint density at radius 2 is 1.95 bits per heavy atom. The first kappa shape index (κ1) is 29.8. The molecular formula is C32H40N4O6. The number of benzene rings is 2. The van der Waals surface area contributed by atoms with Crippen molar-refractivity contribution in [1.82, 2.24) is 19.8 Å². The van der Waals surface area contributed by atoms with E-state index in [1.54, 1.807) is 37.7 Å². The molecule has 1 aliphatic heterocycles. The quantitative estimate of drug-likeness (QED) is 0.351. The Kier molecular flexibility index (Phi) is 9.56. The van der Waals surface area contributed by atoms with Gasteiger partial charge in [-0.15, -0.1) is 0 Å². The number of aliphatic hydroxyl groups is 1. The fraction of sp³-hybridized carbons (Fsp3) is 0.469. The molecule has 0 radical (unpaired) electrons. The number of esters is 1. The van der Waals surface area contributed by atoms with Crippen molar-refractivity contribution in [3.05, 3.63) is 72.2 Å². The van der Waals surface area contributed by atoms with Crippen LogP contribution in [0.2, 0.25) is 0 Å². The molecule has 1 aliphatic carbocycles. The molecular weight excluding hydrogens is 536 g/mol. The molecule has 1 saturated carbocycles. The normalized spacial score (nSPS) is 22.5. The molecule has 2 aromatic carbocycles. The Balaban J connectivity index is 1.39. The third-order valence-corrected chi connectivity index (χ3v) is 8.32. The number of carbonyl (C=O) groups excluding carboxylic acids is 2. The number of hydrogen-bond acceptors (Lipinski definition) is 8. The average Bonchev–Trinajstić information content (AvgIpc) is 3.46.